The smallest absolute Gasteiger partial charge is 0.0889 e. The van der Waals surface area contributed by atoms with E-state index in [0.29, 0.717) is 5.41 Å². The van der Waals surface area contributed by atoms with Crippen molar-refractivity contribution in [3.05, 3.63) is 14.1 Å². The number of aromatic nitrogens is 1. The van der Waals surface area contributed by atoms with Crippen molar-refractivity contribution in [2.75, 3.05) is 0 Å². The Balaban J connectivity index is 2.85. The zero-order valence-corrected chi connectivity index (χ0v) is 12.8. The topological polar surface area (TPSA) is 12.9 Å². The zero-order chi connectivity index (χ0) is 11.3. The number of thiazole rings is 1. The lowest BCUT2D eigenvalue weighted by atomic mass is 9.78. The molecule has 0 saturated heterocycles. The number of hydrogen-bond acceptors (Lipinski definition) is 2. The Morgan fingerprint density at radius 3 is 2.53 bits per heavy atom. The van der Waals surface area contributed by atoms with Crippen LogP contribution >= 0.6 is 33.9 Å². The Labute approximate surface area is 111 Å². The first-order valence-corrected chi connectivity index (χ1v) is 7.69. The highest BCUT2D eigenvalue weighted by Gasteiger charge is 2.29. The van der Waals surface area contributed by atoms with E-state index in [1.165, 1.54) is 40.7 Å². The Bertz CT molecular complexity index is 298. The molecule has 0 saturated carbocycles. The summed E-state index contributed by atoms with van der Waals surface area (Å²) >= 11 is 4.19. The van der Waals surface area contributed by atoms with Gasteiger partial charge in [0.25, 0.3) is 0 Å². The molecule has 1 rings (SSSR count). The van der Waals surface area contributed by atoms with Gasteiger partial charge in [0.1, 0.15) is 0 Å². The van der Waals surface area contributed by atoms with Gasteiger partial charge in [0.15, 0.2) is 0 Å². The molecule has 1 nitrogen and oxygen atoms in total. The van der Waals surface area contributed by atoms with Crippen molar-refractivity contribution in [1.29, 1.82) is 0 Å². The highest BCUT2D eigenvalue weighted by atomic mass is 127. The highest BCUT2D eigenvalue weighted by Crippen LogP contribution is 2.37. The molecule has 0 spiro atoms. The van der Waals surface area contributed by atoms with Crippen LogP contribution in [0.15, 0.2) is 5.51 Å². The van der Waals surface area contributed by atoms with E-state index in [9.17, 15) is 0 Å². The van der Waals surface area contributed by atoms with Crippen LogP contribution in [-0.2, 0) is 5.41 Å². The van der Waals surface area contributed by atoms with E-state index >= 15 is 0 Å². The fourth-order valence-electron chi connectivity index (χ4n) is 2.11. The van der Waals surface area contributed by atoms with Gasteiger partial charge in [0.2, 0.25) is 0 Å². The van der Waals surface area contributed by atoms with Crippen molar-refractivity contribution in [2.45, 2.75) is 58.3 Å². The van der Waals surface area contributed by atoms with Crippen molar-refractivity contribution in [1.82, 2.24) is 4.98 Å². The summed E-state index contributed by atoms with van der Waals surface area (Å²) in [5.41, 5.74) is 3.63. The Morgan fingerprint density at radius 2 is 2.07 bits per heavy atom. The summed E-state index contributed by atoms with van der Waals surface area (Å²) in [7, 11) is 0. The van der Waals surface area contributed by atoms with Gasteiger partial charge in [-0.05, 0) is 35.4 Å². The van der Waals surface area contributed by atoms with E-state index in [0.717, 1.165) is 0 Å². The van der Waals surface area contributed by atoms with Crippen LogP contribution in [0.2, 0.25) is 0 Å². The predicted octanol–water partition coefficient (Wildman–Crippen LogP) is 5.00. The van der Waals surface area contributed by atoms with Gasteiger partial charge < -0.3 is 0 Å². The molecular weight excluding hydrogens is 317 g/mol. The minimum absolute atomic E-state index is 0.307. The maximum absolute atomic E-state index is 4.57. The SMILES string of the molecule is CCCCC(C)(CCC)c1ncsc1I. The fraction of sp³-hybridized carbons (Fsp3) is 0.750. The van der Waals surface area contributed by atoms with Crippen molar-refractivity contribution in [2.24, 2.45) is 0 Å². The number of rotatable bonds is 6. The summed E-state index contributed by atoms with van der Waals surface area (Å²) in [5.74, 6) is 0. The molecular formula is C12H20INS. The van der Waals surface area contributed by atoms with Crippen LogP contribution in [0.4, 0.5) is 0 Å². The second-order valence-corrected chi connectivity index (χ2v) is 7.05. The third-order valence-corrected chi connectivity index (χ3v) is 4.86. The van der Waals surface area contributed by atoms with Crippen molar-refractivity contribution >= 4 is 33.9 Å². The van der Waals surface area contributed by atoms with Crippen LogP contribution in [0.1, 0.15) is 58.6 Å². The van der Waals surface area contributed by atoms with Gasteiger partial charge in [-0.2, -0.15) is 0 Å². The standard InChI is InChI=1S/C12H20INS/c1-4-6-8-12(3,7-5-2)10-11(13)15-9-14-10/h9H,4-8H2,1-3H3. The molecule has 1 heterocycles. The van der Waals surface area contributed by atoms with Crippen LogP contribution in [0.5, 0.6) is 0 Å². The molecule has 1 unspecified atom stereocenters. The first kappa shape index (κ1) is 13.4. The molecule has 0 bridgehead atoms. The van der Waals surface area contributed by atoms with Gasteiger partial charge in [-0.1, -0.05) is 40.0 Å². The average molecular weight is 337 g/mol. The summed E-state index contributed by atoms with van der Waals surface area (Å²) in [6.45, 7) is 6.91. The Hall–Kier alpha value is 0.360. The van der Waals surface area contributed by atoms with Crippen molar-refractivity contribution < 1.29 is 0 Å². The Kier molecular flexibility index (Phi) is 5.53. The third-order valence-electron chi connectivity index (χ3n) is 2.98. The normalized spacial score (nSPS) is 15.2. The second kappa shape index (κ2) is 6.18. The molecule has 1 aromatic heterocycles. The molecule has 1 atom stereocenters. The molecule has 0 amide bonds. The molecule has 0 aliphatic carbocycles. The third kappa shape index (κ3) is 3.41. The van der Waals surface area contributed by atoms with Crippen molar-refractivity contribution in [3.8, 4) is 0 Å². The largest absolute Gasteiger partial charge is 0.248 e. The number of unbranched alkanes of at least 4 members (excludes halogenated alkanes) is 1. The van der Waals surface area contributed by atoms with Gasteiger partial charge in [0, 0.05) is 5.41 Å². The molecule has 0 aliphatic heterocycles. The second-order valence-electron chi connectivity index (χ2n) is 4.39. The van der Waals surface area contributed by atoms with E-state index in [1.54, 1.807) is 11.3 Å². The first-order valence-electron chi connectivity index (χ1n) is 5.73. The molecule has 1 aromatic rings. The molecule has 0 N–H and O–H groups in total. The van der Waals surface area contributed by atoms with E-state index in [2.05, 4.69) is 48.3 Å². The molecule has 0 aliphatic rings. The van der Waals surface area contributed by atoms with Gasteiger partial charge in [-0.25, -0.2) is 4.98 Å². The maximum atomic E-state index is 4.57. The highest BCUT2D eigenvalue weighted by molar-refractivity contribution is 14.1. The predicted molar refractivity (Wildman–Crippen MR) is 76.6 cm³/mol. The summed E-state index contributed by atoms with van der Waals surface area (Å²) in [5, 5.41) is 0. The van der Waals surface area contributed by atoms with E-state index in [-0.39, 0.29) is 0 Å². The minimum Gasteiger partial charge on any atom is -0.248 e. The minimum atomic E-state index is 0.307. The van der Waals surface area contributed by atoms with Crippen molar-refractivity contribution in [3.63, 3.8) is 0 Å². The van der Waals surface area contributed by atoms with Crippen LogP contribution in [0.3, 0.4) is 0 Å². The average Bonchev–Trinajstić information content (AvgIpc) is 2.62. The van der Waals surface area contributed by atoms with Gasteiger partial charge in [-0.15, -0.1) is 11.3 Å². The molecule has 15 heavy (non-hydrogen) atoms. The first-order chi connectivity index (χ1) is 7.14. The molecule has 0 aromatic carbocycles. The number of halogens is 1. The lowest BCUT2D eigenvalue weighted by molar-refractivity contribution is 0.373. The van der Waals surface area contributed by atoms with E-state index in [1.807, 2.05) is 5.51 Å². The molecule has 86 valence electrons. The van der Waals surface area contributed by atoms with Crippen LogP contribution in [-0.4, -0.2) is 4.98 Å². The quantitative estimate of drug-likeness (QED) is 0.666. The Morgan fingerprint density at radius 1 is 1.33 bits per heavy atom. The summed E-state index contributed by atoms with van der Waals surface area (Å²) in [6.07, 6.45) is 6.36. The lowest BCUT2D eigenvalue weighted by Gasteiger charge is -2.28. The summed E-state index contributed by atoms with van der Waals surface area (Å²) in [6, 6.07) is 0. The van der Waals surface area contributed by atoms with E-state index < -0.39 is 0 Å². The van der Waals surface area contributed by atoms with Crippen LogP contribution in [0, 0.1) is 2.88 Å². The summed E-state index contributed by atoms with van der Waals surface area (Å²) in [4.78, 5) is 4.57. The lowest BCUT2D eigenvalue weighted by Crippen LogP contribution is -2.23. The fourth-order valence-corrected chi connectivity index (χ4v) is 3.90. The number of hydrogen-bond donors (Lipinski definition) is 0. The van der Waals surface area contributed by atoms with Gasteiger partial charge >= 0.3 is 0 Å². The maximum Gasteiger partial charge on any atom is 0.0889 e. The number of nitrogens with zero attached hydrogens (tertiary/aromatic N) is 1. The van der Waals surface area contributed by atoms with Crippen LogP contribution < -0.4 is 0 Å². The van der Waals surface area contributed by atoms with E-state index in [4.69, 9.17) is 0 Å². The zero-order valence-electron chi connectivity index (χ0n) is 9.85. The summed E-state index contributed by atoms with van der Waals surface area (Å²) < 4.78 is 1.37. The molecule has 0 fully saturated rings. The van der Waals surface area contributed by atoms with Gasteiger partial charge in [-0.3, -0.25) is 0 Å². The molecule has 0 radical (unpaired) electrons. The molecule has 3 heteroatoms. The monoisotopic (exact) mass is 337 g/mol. The van der Waals surface area contributed by atoms with Crippen LogP contribution in [0.25, 0.3) is 0 Å². The van der Waals surface area contributed by atoms with Gasteiger partial charge in [0.05, 0.1) is 14.1 Å².